The lowest BCUT2D eigenvalue weighted by atomic mass is 10.1. The summed E-state index contributed by atoms with van der Waals surface area (Å²) >= 11 is 1.57. The van der Waals surface area contributed by atoms with Crippen LogP contribution in [-0.4, -0.2) is 16.3 Å². The number of rotatable bonds is 3. The Balaban J connectivity index is 3.06. The van der Waals surface area contributed by atoms with Crippen LogP contribution < -0.4 is 5.30 Å². The van der Waals surface area contributed by atoms with Crippen LogP contribution in [0.1, 0.15) is 31.9 Å². The van der Waals surface area contributed by atoms with Crippen LogP contribution in [0.15, 0.2) is 18.2 Å². The van der Waals surface area contributed by atoms with Crippen LogP contribution in [0.3, 0.4) is 0 Å². The van der Waals surface area contributed by atoms with Gasteiger partial charge in [0.25, 0.3) is 0 Å². The van der Waals surface area contributed by atoms with Crippen LogP contribution in [0.4, 0.5) is 26.3 Å². The summed E-state index contributed by atoms with van der Waals surface area (Å²) in [7, 11) is 0.336. The maximum atomic E-state index is 12.7. The quantitative estimate of drug-likeness (QED) is 0.497. The smallest absolute Gasteiger partial charge is 0.166 e. The maximum Gasteiger partial charge on any atom is 0.416 e. The van der Waals surface area contributed by atoms with Crippen molar-refractivity contribution in [2.75, 3.05) is 5.75 Å². The third-order valence-electron chi connectivity index (χ3n) is 2.40. The largest absolute Gasteiger partial charge is 0.416 e. The van der Waals surface area contributed by atoms with Crippen LogP contribution in [0.25, 0.3) is 0 Å². The molecule has 0 saturated carbocycles. The van der Waals surface area contributed by atoms with Gasteiger partial charge in [0, 0.05) is 15.8 Å². The molecule has 0 aromatic heterocycles. The van der Waals surface area contributed by atoms with Crippen molar-refractivity contribution >= 4 is 31.1 Å². The lowest BCUT2D eigenvalue weighted by molar-refractivity contribution is -0.142. The van der Waals surface area contributed by atoms with E-state index in [-0.39, 0.29) is 16.1 Å². The van der Waals surface area contributed by atoms with Crippen LogP contribution in [0.2, 0.25) is 0 Å². The molecule has 0 heterocycles. The molecular weight excluding hydrogens is 345 g/mol. The lowest BCUT2D eigenvalue weighted by Gasteiger charge is -2.15. The first-order valence-corrected chi connectivity index (χ1v) is 8.20. The van der Waals surface area contributed by atoms with Crippen molar-refractivity contribution in [2.45, 2.75) is 37.9 Å². The molecule has 0 amide bonds. The second kappa shape index (κ2) is 6.83. The van der Waals surface area contributed by atoms with E-state index in [0.717, 1.165) is 12.1 Å². The molecular formula is C14H15F6PS. The summed E-state index contributed by atoms with van der Waals surface area (Å²) in [4.78, 5) is 0. The average molecular weight is 360 g/mol. The highest BCUT2D eigenvalue weighted by Crippen LogP contribution is 2.35. The Morgan fingerprint density at radius 1 is 0.909 bits per heavy atom. The van der Waals surface area contributed by atoms with Crippen LogP contribution in [-0.2, 0) is 12.4 Å². The predicted molar refractivity (Wildman–Crippen MR) is 81.3 cm³/mol. The Hall–Kier alpha value is -0.680. The van der Waals surface area contributed by atoms with E-state index >= 15 is 0 Å². The average Bonchev–Trinajstić information content (AvgIpc) is 2.31. The molecule has 0 spiro atoms. The van der Waals surface area contributed by atoms with E-state index in [1.807, 2.05) is 20.8 Å². The number of hydrogen-bond donors (Lipinski definition) is 0. The number of alkyl halides is 6. The first-order valence-electron chi connectivity index (χ1n) is 6.25. The fourth-order valence-corrected chi connectivity index (χ4v) is 3.18. The Labute approximate surface area is 131 Å². The van der Waals surface area contributed by atoms with Gasteiger partial charge < -0.3 is 0 Å². The standard InChI is InChI=1S/C14H15F6PS/c1-12(2,3)22-5-4-21-11-7-9(13(15,16)17)6-10(8-11)14(18,19)20/h4,6-8H,5H2,1-3H3. The minimum absolute atomic E-state index is 0.0169. The highest BCUT2D eigenvalue weighted by molar-refractivity contribution is 8.01. The third-order valence-corrected chi connectivity index (χ3v) is 4.77. The van der Waals surface area contributed by atoms with Gasteiger partial charge in [-0.1, -0.05) is 29.0 Å². The van der Waals surface area contributed by atoms with E-state index < -0.39 is 23.5 Å². The molecule has 0 unspecified atom stereocenters. The zero-order valence-electron chi connectivity index (χ0n) is 12.1. The SMILES string of the molecule is CC(C)(C)SCC=Pc1cc(C(F)(F)F)cc(C(F)(F)F)c1. The van der Waals surface area contributed by atoms with Gasteiger partial charge in [0.1, 0.15) is 0 Å². The summed E-state index contributed by atoms with van der Waals surface area (Å²) < 4.78 is 76.2. The summed E-state index contributed by atoms with van der Waals surface area (Å²) in [6.07, 6.45) is -9.60. The predicted octanol–water partition coefficient (Wildman–Crippen LogP) is 5.63. The molecule has 0 fully saturated rings. The van der Waals surface area contributed by atoms with E-state index in [4.69, 9.17) is 0 Å². The maximum absolute atomic E-state index is 12.7. The molecule has 1 rings (SSSR count). The second-order valence-corrected chi connectivity index (χ2v) is 8.49. The molecule has 8 heteroatoms. The van der Waals surface area contributed by atoms with E-state index in [2.05, 4.69) is 0 Å². The van der Waals surface area contributed by atoms with Gasteiger partial charge in [-0.25, -0.2) is 0 Å². The van der Waals surface area contributed by atoms with Gasteiger partial charge in [-0.3, -0.25) is 0 Å². The number of hydrogen-bond acceptors (Lipinski definition) is 1. The van der Waals surface area contributed by atoms with Crippen LogP contribution in [0.5, 0.6) is 0 Å². The van der Waals surface area contributed by atoms with Crippen molar-refractivity contribution in [1.82, 2.24) is 0 Å². The Morgan fingerprint density at radius 2 is 1.36 bits per heavy atom. The molecule has 0 N–H and O–H groups in total. The number of thioether (sulfide) groups is 1. The first-order chi connectivity index (χ1) is 9.79. The molecule has 0 aliphatic heterocycles. The fraction of sp³-hybridized carbons (Fsp3) is 0.500. The Morgan fingerprint density at radius 3 is 1.73 bits per heavy atom. The topological polar surface area (TPSA) is 0 Å². The van der Waals surface area contributed by atoms with Gasteiger partial charge in [-0.05, 0) is 24.0 Å². The fourth-order valence-electron chi connectivity index (χ4n) is 1.44. The van der Waals surface area contributed by atoms with Crippen molar-refractivity contribution in [3.05, 3.63) is 29.3 Å². The lowest BCUT2D eigenvalue weighted by Crippen LogP contribution is -2.14. The van der Waals surface area contributed by atoms with Crippen molar-refractivity contribution in [1.29, 1.82) is 0 Å². The van der Waals surface area contributed by atoms with Crippen molar-refractivity contribution in [2.24, 2.45) is 0 Å². The van der Waals surface area contributed by atoms with Gasteiger partial charge in [0.05, 0.1) is 11.1 Å². The highest BCUT2D eigenvalue weighted by Gasteiger charge is 2.36. The van der Waals surface area contributed by atoms with Gasteiger partial charge >= 0.3 is 12.4 Å². The van der Waals surface area contributed by atoms with Gasteiger partial charge in [0.2, 0.25) is 0 Å². The Bertz CT molecular complexity index is 507. The molecule has 22 heavy (non-hydrogen) atoms. The molecule has 0 saturated heterocycles. The minimum Gasteiger partial charge on any atom is -0.166 e. The highest BCUT2D eigenvalue weighted by atomic mass is 32.2. The van der Waals surface area contributed by atoms with Crippen molar-refractivity contribution in [3.63, 3.8) is 0 Å². The molecule has 1 aromatic rings. The molecule has 1 aromatic carbocycles. The normalized spacial score (nSPS) is 13.9. The summed E-state index contributed by atoms with van der Waals surface area (Å²) in [5.41, 5.74) is -2.55. The van der Waals surface area contributed by atoms with Gasteiger partial charge in [-0.2, -0.15) is 38.1 Å². The van der Waals surface area contributed by atoms with E-state index in [1.165, 1.54) is 0 Å². The molecule has 0 aliphatic carbocycles. The zero-order valence-corrected chi connectivity index (χ0v) is 13.9. The summed E-state index contributed by atoms with van der Waals surface area (Å²) in [5, 5.41) is -0.0170. The van der Waals surface area contributed by atoms with Crippen LogP contribution >= 0.6 is 20.0 Å². The van der Waals surface area contributed by atoms with E-state index in [0.29, 0.717) is 14.0 Å². The Kier molecular flexibility index (Phi) is 6.01. The van der Waals surface area contributed by atoms with Gasteiger partial charge in [0.15, 0.2) is 0 Å². The molecule has 0 nitrogen and oxygen atoms in total. The van der Waals surface area contributed by atoms with Gasteiger partial charge in [-0.15, -0.1) is 0 Å². The molecule has 0 bridgehead atoms. The summed E-state index contributed by atoms with van der Waals surface area (Å²) in [6, 6.07) is 1.66. The zero-order chi connectivity index (χ0) is 17.2. The number of benzene rings is 1. The number of halogens is 6. The monoisotopic (exact) mass is 360 g/mol. The molecule has 124 valence electrons. The third kappa shape index (κ3) is 6.61. The van der Waals surface area contributed by atoms with E-state index in [9.17, 15) is 26.3 Å². The second-order valence-electron chi connectivity index (χ2n) is 5.50. The molecule has 0 radical (unpaired) electrons. The molecule has 0 atom stereocenters. The first kappa shape index (κ1) is 19.4. The summed E-state index contributed by atoms with van der Waals surface area (Å²) in [6.45, 7) is 5.94. The van der Waals surface area contributed by atoms with Crippen LogP contribution in [0, 0.1) is 0 Å². The van der Waals surface area contributed by atoms with Crippen molar-refractivity contribution in [3.8, 4) is 0 Å². The minimum atomic E-state index is -4.80. The summed E-state index contributed by atoms with van der Waals surface area (Å²) in [5.74, 6) is 2.20. The molecule has 0 aliphatic rings. The van der Waals surface area contributed by atoms with Crippen molar-refractivity contribution < 1.29 is 26.3 Å². The van der Waals surface area contributed by atoms with E-state index in [1.54, 1.807) is 17.6 Å².